The highest BCUT2D eigenvalue weighted by Gasteiger charge is 2.11. The van der Waals surface area contributed by atoms with Gasteiger partial charge in [-0.2, -0.15) is 0 Å². The van der Waals surface area contributed by atoms with Crippen molar-refractivity contribution in [2.24, 2.45) is 10.2 Å². The van der Waals surface area contributed by atoms with Crippen LogP contribution in [0.4, 0.5) is 0 Å². The monoisotopic (exact) mass is 270 g/mol. The largest absolute Gasteiger partial charge is 0.288 e. The number of hydrogen-bond acceptors (Lipinski definition) is 4. The molecule has 0 saturated heterocycles. The Morgan fingerprint density at radius 1 is 1.11 bits per heavy atom. The SMILES string of the molecule is CC(=O)SC(CCCCCN=[N+]=[N-])CCN=[N+]=[N-]. The molecular weight excluding hydrogens is 252 g/mol. The first kappa shape index (κ1) is 16.6. The molecule has 0 saturated carbocycles. The Morgan fingerprint density at radius 2 is 1.78 bits per heavy atom. The molecule has 0 bridgehead atoms. The minimum Gasteiger partial charge on any atom is -0.288 e. The summed E-state index contributed by atoms with van der Waals surface area (Å²) in [6, 6.07) is 0. The van der Waals surface area contributed by atoms with Crippen LogP contribution >= 0.6 is 11.8 Å². The molecule has 0 heterocycles. The maximum absolute atomic E-state index is 11.1. The van der Waals surface area contributed by atoms with Crippen LogP contribution < -0.4 is 0 Å². The van der Waals surface area contributed by atoms with Crippen LogP contribution in [0.5, 0.6) is 0 Å². The molecule has 0 radical (unpaired) electrons. The number of carbonyl (C=O) groups is 1. The molecule has 8 heteroatoms. The van der Waals surface area contributed by atoms with E-state index in [0.717, 1.165) is 32.1 Å². The van der Waals surface area contributed by atoms with Crippen LogP contribution in [-0.2, 0) is 4.79 Å². The topological polar surface area (TPSA) is 115 Å². The van der Waals surface area contributed by atoms with E-state index in [1.165, 1.54) is 11.8 Å². The first-order valence-electron chi connectivity index (χ1n) is 5.89. The van der Waals surface area contributed by atoms with Gasteiger partial charge in [-0.1, -0.05) is 34.8 Å². The fourth-order valence-corrected chi connectivity index (χ4v) is 2.50. The minimum absolute atomic E-state index is 0.0926. The number of rotatable bonds is 10. The lowest BCUT2D eigenvalue weighted by Gasteiger charge is -2.13. The van der Waals surface area contributed by atoms with Crippen LogP contribution in [0, 0.1) is 0 Å². The number of nitrogens with zero attached hydrogens (tertiary/aromatic N) is 6. The van der Waals surface area contributed by atoms with Crippen molar-refractivity contribution in [1.82, 2.24) is 0 Å². The van der Waals surface area contributed by atoms with Gasteiger partial charge in [-0.25, -0.2) is 0 Å². The van der Waals surface area contributed by atoms with Gasteiger partial charge in [-0.15, -0.1) is 0 Å². The molecule has 0 N–H and O–H groups in total. The van der Waals surface area contributed by atoms with E-state index in [1.54, 1.807) is 6.92 Å². The fourth-order valence-electron chi connectivity index (χ4n) is 1.52. The molecule has 18 heavy (non-hydrogen) atoms. The van der Waals surface area contributed by atoms with Gasteiger partial charge in [-0.05, 0) is 30.3 Å². The Morgan fingerprint density at radius 3 is 2.39 bits per heavy atom. The van der Waals surface area contributed by atoms with E-state index in [1.807, 2.05) is 0 Å². The fraction of sp³-hybridized carbons (Fsp3) is 0.900. The Hall–Kier alpha value is -1.36. The average Bonchev–Trinajstić information content (AvgIpc) is 2.33. The van der Waals surface area contributed by atoms with Gasteiger partial charge in [-0.3, -0.25) is 4.79 Å². The van der Waals surface area contributed by atoms with E-state index in [2.05, 4.69) is 20.1 Å². The second-order valence-corrected chi connectivity index (χ2v) is 5.26. The van der Waals surface area contributed by atoms with E-state index >= 15 is 0 Å². The Kier molecular flexibility index (Phi) is 11.2. The predicted molar refractivity (Wildman–Crippen MR) is 73.2 cm³/mol. The van der Waals surface area contributed by atoms with Crippen molar-refractivity contribution in [3.63, 3.8) is 0 Å². The minimum atomic E-state index is 0.0926. The van der Waals surface area contributed by atoms with Gasteiger partial charge in [0.25, 0.3) is 0 Å². The van der Waals surface area contributed by atoms with Crippen molar-refractivity contribution in [3.8, 4) is 0 Å². The summed E-state index contributed by atoms with van der Waals surface area (Å²) in [7, 11) is 0. The van der Waals surface area contributed by atoms with Crippen molar-refractivity contribution < 1.29 is 4.79 Å². The quantitative estimate of drug-likeness (QED) is 0.256. The third kappa shape index (κ3) is 11.1. The number of azide groups is 2. The molecule has 0 fully saturated rings. The molecule has 0 rings (SSSR count). The van der Waals surface area contributed by atoms with Gasteiger partial charge in [0.05, 0.1) is 0 Å². The summed E-state index contributed by atoms with van der Waals surface area (Å²) in [5, 5.41) is 7.26. The zero-order chi connectivity index (χ0) is 13.6. The lowest BCUT2D eigenvalue weighted by atomic mass is 10.1. The number of thioether (sulfide) groups is 1. The summed E-state index contributed by atoms with van der Waals surface area (Å²) in [6.07, 6.45) is 4.49. The first-order valence-corrected chi connectivity index (χ1v) is 6.77. The molecule has 1 atom stereocenters. The molecule has 0 spiro atoms. The molecule has 0 aromatic rings. The second-order valence-electron chi connectivity index (χ2n) is 3.78. The van der Waals surface area contributed by atoms with E-state index in [4.69, 9.17) is 11.1 Å². The predicted octanol–water partition coefficient (Wildman–Crippen LogP) is 4.21. The molecule has 0 aliphatic rings. The van der Waals surface area contributed by atoms with Gasteiger partial charge < -0.3 is 0 Å². The smallest absolute Gasteiger partial charge is 0.186 e. The van der Waals surface area contributed by atoms with E-state index in [0.29, 0.717) is 13.1 Å². The zero-order valence-corrected chi connectivity index (χ0v) is 11.3. The summed E-state index contributed by atoms with van der Waals surface area (Å²) >= 11 is 1.31. The summed E-state index contributed by atoms with van der Waals surface area (Å²) < 4.78 is 0. The van der Waals surface area contributed by atoms with Crippen molar-refractivity contribution in [3.05, 3.63) is 20.9 Å². The third-order valence-corrected chi connectivity index (χ3v) is 3.43. The standard InChI is InChI=1S/C10H18N6OS/c1-9(17)18-10(6-8-14-16-12)5-3-2-4-7-13-15-11/h10H,2-8H2,1H3. The summed E-state index contributed by atoms with van der Waals surface area (Å²) in [4.78, 5) is 16.5. The molecule has 7 nitrogen and oxygen atoms in total. The maximum atomic E-state index is 11.1. The van der Waals surface area contributed by atoms with Crippen LogP contribution in [0.25, 0.3) is 20.9 Å². The molecule has 0 aromatic carbocycles. The first-order chi connectivity index (χ1) is 8.70. The van der Waals surface area contributed by atoms with Gasteiger partial charge in [0, 0.05) is 35.1 Å². The highest BCUT2D eigenvalue weighted by molar-refractivity contribution is 8.14. The van der Waals surface area contributed by atoms with Gasteiger partial charge in [0.15, 0.2) is 5.12 Å². The molecular formula is C10H18N6OS. The van der Waals surface area contributed by atoms with Crippen LogP contribution in [-0.4, -0.2) is 23.5 Å². The second kappa shape index (κ2) is 12.1. The highest BCUT2D eigenvalue weighted by Crippen LogP contribution is 2.22. The number of hydrogen-bond donors (Lipinski definition) is 0. The molecule has 0 amide bonds. The molecule has 0 aliphatic heterocycles. The van der Waals surface area contributed by atoms with Gasteiger partial charge in [0.1, 0.15) is 0 Å². The molecule has 0 aliphatic carbocycles. The Labute approximate surface area is 111 Å². The Bertz CT molecular complexity index is 335. The summed E-state index contributed by atoms with van der Waals surface area (Å²) in [5.74, 6) is 0. The lowest BCUT2D eigenvalue weighted by molar-refractivity contribution is -0.109. The number of unbranched alkanes of at least 4 members (excludes halogenated alkanes) is 2. The van der Waals surface area contributed by atoms with E-state index < -0.39 is 0 Å². The van der Waals surface area contributed by atoms with Gasteiger partial charge in [0.2, 0.25) is 0 Å². The Balaban J connectivity index is 3.81. The molecule has 100 valence electrons. The maximum Gasteiger partial charge on any atom is 0.186 e. The molecule has 1 unspecified atom stereocenters. The van der Waals surface area contributed by atoms with E-state index in [-0.39, 0.29) is 10.4 Å². The van der Waals surface area contributed by atoms with Crippen molar-refractivity contribution in [2.45, 2.75) is 44.3 Å². The lowest BCUT2D eigenvalue weighted by Crippen LogP contribution is -2.07. The van der Waals surface area contributed by atoms with Crippen molar-refractivity contribution in [1.29, 1.82) is 0 Å². The van der Waals surface area contributed by atoms with Crippen molar-refractivity contribution >= 4 is 16.9 Å². The van der Waals surface area contributed by atoms with Crippen LogP contribution in [0.3, 0.4) is 0 Å². The number of carbonyl (C=O) groups excluding carboxylic acids is 1. The van der Waals surface area contributed by atoms with Crippen LogP contribution in [0.1, 0.15) is 39.0 Å². The van der Waals surface area contributed by atoms with Crippen molar-refractivity contribution in [2.75, 3.05) is 13.1 Å². The average molecular weight is 270 g/mol. The molecule has 0 aromatic heterocycles. The normalized spacial score (nSPS) is 11.2. The van der Waals surface area contributed by atoms with E-state index in [9.17, 15) is 4.79 Å². The summed E-state index contributed by atoms with van der Waals surface area (Å²) in [5.41, 5.74) is 16.3. The van der Waals surface area contributed by atoms with Gasteiger partial charge >= 0.3 is 0 Å². The van der Waals surface area contributed by atoms with Crippen LogP contribution in [0.15, 0.2) is 10.2 Å². The zero-order valence-electron chi connectivity index (χ0n) is 10.5. The third-order valence-electron chi connectivity index (χ3n) is 2.29. The summed E-state index contributed by atoms with van der Waals surface area (Å²) in [6.45, 7) is 2.51. The highest BCUT2D eigenvalue weighted by atomic mass is 32.2. The van der Waals surface area contributed by atoms with Crippen LogP contribution in [0.2, 0.25) is 0 Å².